The molecule has 5 N–H and O–H groups in total. The number of nitrogens with two attached hydrogens (primary N) is 2. The molecule has 1 aliphatic heterocycles. The van der Waals surface area contributed by atoms with E-state index >= 15 is 0 Å². The molecule has 18 heavy (non-hydrogen) atoms. The highest BCUT2D eigenvalue weighted by Crippen LogP contribution is 2.08. The molecule has 0 aromatic heterocycles. The first-order chi connectivity index (χ1) is 8.29. The summed E-state index contributed by atoms with van der Waals surface area (Å²) in [5, 5.41) is 0. The fourth-order valence-electron chi connectivity index (χ4n) is 1.67. The average molecular weight is 277 g/mol. The van der Waals surface area contributed by atoms with Crippen molar-refractivity contribution in [3.8, 4) is 0 Å². The number of hydrogen-bond donors (Lipinski definition) is 3. The molecule has 1 aliphatic rings. The third-order valence-electron chi connectivity index (χ3n) is 2.48. The number of likely N-dealkylation sites (tertiary alicyclic amines) is 1. The van der Waals surface area contributed by atoms with Crippen molar-refractivity contribution >= 4 is 21.9 Å². The lowest BCUT2D eigenvalue weighted by Crippen LogP contribution is -2.45. The second kappa shape index (κ2) is 6.01. The maximum atomic E-state index is 11.8. The second-order valence-corrected chi connectivity index (χ2v) is 5.99. The van der Waals surface area contributed by atoms with E-state index in [2.05, 4.69) is 4.99 Å². The number of hydrogen-bond acceptors (Lipinski definition) is 5. The zero-order valence-electron chi connectivity index (χ0n) is 10.3. The molecule has 1 fully saturated rings. The fourth-order valence-corrected chi connectivity index (χ4v) is 2.11. The monoisotopic (exact) mass is 277 g/mol. The van der Waals surface area contributed by atoms with Gasteiger partial charge in [0.2, 0.25) is 21.9 Å². The molecular formula is C9H19N5O3S. The van der Waals surface area contributed by atoms with E-state index in [9.17, 15) is 13.2 Å². The van der Waals surface area contributed by atoms with Crippen molar-refractivity contribution in [2.75, 3.05) is 25.9 Å². The summed E-state index contributed by atoms with van der Waals surface area (Å²) in [5.74, 6) is -0.439. The summed E-state index contributed by atoms with van der Waals surface area (Å²) in [7, 11) is -3.45. The molecule has 0 bridgehead atoms. The molecular weight excluding hydrogens is 258 g/mol. The van der Waals surface area contributed by atoms with Crippen LogP contribution in [0.25, 0.3) is 0 Å². The molecule has 9 heteroatoms. The SMILES string of the molecule is CS(=O)(=O)NC(N)=NC[C@H](N)C(=O)N1CCCC1. The van der Waals surface area contributed by atoms with Crippen molar-refractivity contribution in [3.63, 3.8) is 0 Å². The average Bonchev–Trinajstić information content (AvgIpc) is 2.75. The van der Waals surface area contributed by atoms with E-state index in [1.807, 2.05) is 4.72 Å². The third kappa shape index (κ3) is 4.88. The Morgan fingerprint density at radius 1 is 1.44 bits per heavy atom. The molecule has 0 spiro atoms. The first-order valence-corrected chi connectivity index (χ1v) is 7.51. The Hall–Kier alpha value is -1.35. The lowest BCUT2D eigenvalue weighted by molar-refractivity contribution is -0.131. The van der Waals surface area contributed by atoms with Gasteiger partial charge in [-0.05, 0) is 12.8 Å². The van der Waals surface area contributed by atoms with Gasteiger partial charge in [0.05, 0.1) is 12.8 Å². The zero-order chi connectivity index (χ0) is 13.8. The van der Waals surface area contributed by atoms with Crippen LogP contribution < -0.4 is 16.2 Å². The highest BCUT2D eigenvalue weighted by Gasteiger charge is 2.23. The quantitative estimate of drug-likeness (QED) is 0.396. The Labute approximate surface area is 106 Å². The second-order valence-electron chi connectivity index (χ2n) is 4.24. The van der Waals surface area contributed by atoms with E-state index in [1.54, 1.807) is 4.90 Å². The van der Waals surface area contributed by atoms with E-state index in [-0.39, 0.29) is 18.4 Å². The van der Waals surface area contributed by atoms with Crippen LogP contribution >= 0.6 is 0 Å². The summed E-state index contributed by atoms with van der Waals surface area (Å²) in [5.41, 5.74) is 11.0. The van der Waals surface area contributed by atoms with Gasteiger partial charge < -0.3 is 16.4 Å². The standard InChI is InChI=1S/C9H19N5O3S/c1-18(16,17)13-9(11)12-6-7(10)8(15)14-4-2-3-5-14/h7H,2-6,10H2,1H3,(H3,11,12,13)/t7-/m0/s1. The van der Waals surface area contributed by atoms with E-state index in [0.717, 1.165) is 19.1 Å². The molecule has 8 nitrogen and oxygen atoms in total. The predicted octanol–water partition coefficient (Wildman–Crippen LogP) is -2.20. The third-order valence-corrected chi connectivity index (χ3v) is 3.06. The molecule has 1 atom stereocenters. The lowest BCUT2D eigenvalue weighted by atomic mass is 10.3. The summed E-state index contributed by atoms with van der Waals surface area (Å²) < 4.78 is 23.7. The van der Waals surface area contributed by atoms with Gasteiger partial charge in [-0.1, -0.05) is 0 Å². The first kappa shape index (κ1) is 14.7. The Morgan fingerprint density at radius 3 is 2.50 bits per heavy atom. The van der Waals surface area contributed by atoms with Crippen LogP contribution in [0.1, 0.15) is 12.8 Å². The van der Waals surface area contributed by atoms with Crippen LogP contribution in [-0.4, -0.2) is 57.1 Å². The molecule has 0 aromatic carbocycles. The summed E-state index contributed by atoms with van der Waals surface area (Å²) >= 11 is 0. The van der Waals surface area contributed by atoms with E-state index in [1.165, 1.54) is 0 Å². The maximum absolute atomic E-state index is 11.8. The summed E-state index contributed by atoms with van der Waals surface area (Å²) in [6.07, 6.45) is 2.93. The molecule has 0 saturated carbocycles. The molecule has 1 amide bonds. The summed E-state index contributed by atoms with van der Waals surface area (Å²) in [6, 6.07) is -0.789. The highest BCUT2D eigenvalue weighted by molar-refractivity contribution is 7.89. The number of rotatable bonds is 4. The Bertz CT molecular complexity index is 427. The van der Waals surface area contributed by atoms with Gasteiger partial charge in [-0.2, -0.15) is 0 Å². The van der Waals surface area contributed by atoms with Crippen molar-refractivity contribution in [2.45, 2.75) is 18.9 Å². The minimum Gasteiger partial charge on any atom is -0.369 e. The molecule has 0 radical (unpaired) electrons. The van der Waals surface area contributed by atoms with Crippen molar-refractivity contribution in [1.82, 2.24) is 9.62 Å². The first-order valence-electron chi connectivity index (χ1n) is 5.61. The van der Waals surface area contributed by atoms with Gasteiger partial charge in [-0.3, -0.25) is 14.5 Å². The Morgan fingerprint density at radius 2 is 2.00 bits per heavy atom. The van der Waals surface area contributed by atoms with Crippen LogP contribution in [0.5, 0.6) is 0 Å². The van der Waals surface area contributed by atoms with Crippen LogP contribution in [0.2, 0.25) is 0 Å². The lowest BCUT2D eigenvalue weighted by Gasteiger charge is -2.19. The number of nitrogens with one attached hydrogen (secondary N) is 1. The number of carbonyl (C=O) groups excluding carboxylic acids is 1. The van der Waals surface area contributed by atoms with Gasteiger partial charge in [0, 0.05) is 13.1 Å². The number of nitrogens with zero attached hydrogens (tertiary/aromatic N) is 2. The molecule has 1 saturated heterocycles. The number of aliphatic imine (C=N–C) groups is 1. The van der Waals surface area contributed by atoms with Gasteiger partial charge in [-0.25, -0.2) is 8.42 Å². The van der Waals surface area contributed by atoms with Crippen molar-refractivity contribution in [1.29, 1.82) is 0 Å². The normalized spacial score (nSPS) is 18.8. The zero-order valence-corrected chi connectivity index (χ0v) is 11.1. The number of carbonyl (C=O) groups is 1. The fraction of sp³-hybridized carbons (Fsp3) is 0.778. The molecule has 1 heterocycles. The van der Waals surface area contributed by atoms with E-state index in [4.69, 9.17) is 11.5 Å². The van der Waals surface area contributed by atoms with E-state index < -0.39 is 16.1 Å². The Kier molecular flexibility index (Phi) is 4.91. The van der Waals surface area contributed by atoms with Crippen LogP contribution in [0, 0.1) is 0 Å². The van der Waals surface area contributed by atoms with Crippen molar-refractivity contribution in [3.05, 3.63) is 0 Å². The Balaban J connectivity index is 2.46. The molecule has 0 aliphatic carbocycles. The van der Waals surface area contributed by atoms with Gasteiger partial charge in [0.1, 0.15) is 6.04 Å². The summed E-state index contributed by atoms with van der Waals surface area (Å²) in [6.45, 7) is 1.39. The number of amides is 1. The predicted molar refractivity (Wildman–Crippen MR) is 68.3 cm³/mol. The van der Waals surface area contributed by atoms with Gasteiger partial charge in [0.15, 0.2) is 0 Å². The molecule has 0 unspecified atom stereocenters. The largest absolute Gasteiger partial charge is 0.369 e. The molecule has 1 rings (SSSR count). The van der Waals surface area contributed by atoms with Crippen LogP contribution in [0.15, 0.2) is 4.99 Å². The van der Waals surface area contributed by atoms with Gasteiger partial charge in [-0.15, -0.1) is 0 Å². The smallest absolute Gasteiger partial charge is 0.241 e. The van der Waals surface area contributed by atoms with Crippen molar-refractivity contribution < 1.29 is 13.2 Å². The summed E-state index contributed by atoms with van der Waals surface area (Å²) in [4.78, 5) is 17.2. The minimum absolute atomic E-state index is 0.0380. The van der Waals surface area contributed by atoms with Crippen LogP contribution in [0.3, 0.4) is 0 Å². The molecule has 0 aromatic rings. The van der Waals surface area contributed by atoms with Gasteiger partial charge in [0.25, 0.3) is 0 Å². The maximum Gasteiger partial charge on any atom is 0.241 e. The highest BCUT2D eigenvalue weighted by atomic mass is 32.2. The van der Waals surface area contributed by atoms with Crippen molar-refractivity contribution in [2.24, 2.45) is 16.5 Å². The van der Waals surface area contributed by atoms with E-state index in [0.29, 0.717) is 13.1 Å². The minimum atomic E-state index is -3.45. The topological polar surface area (TPSA) is 131 Å². The van der Waals surface area contributed by atoms with Gasteiger partial charge >= 0.3 is 0 Å². The number of sulfonamides is 1. The molecule has 104 valence electrons. The van der Waals surface area contributed by atoms with Crippen LogP contribution in [-0.2, 0) is 14.8 Å². The van der Waals surface area contributed by atoms with Crippen LogP contribution in [0.4, 0.5) is 0 Å². The number of guanidine groups is 1.